The molecule has 1 atom stereocenters. The number of halogens is 1. The molecule has 0 radical (unpaired) electrons. The van der Waals surface area contributed by atoms with Gasteiger partial charge in [-0.25, -0.2) is 0 Å². The van der Waals surface area contributed by atoms with E-state index in [1.54, 1.807) is 24.3 Å². The van der Waals surface area contributed by atoms with Gasteiger partial charge in [0, 0.05) is 24.5 Å². The van der Waals surface area contributed by atoms with Crippen LogP contribution >= 0.6 is 11.6 Å². The molecule has 0 aromatic heterocycles. The van der Waals surface area contributed by atoms with Crippen molar-refractivity contribution in [1.29, 1.82) is 0 Å². The molecule has 28 heavy (non-hydrogen) atoms. The van der Waals surface area contributed by atoms with Crippen LogP contribution < -0.4 is 20.4 Å². The first-order valence-electron chi connectivity index (χ1n) is 9.52. The maximum absolute atomic E-state index is 12.3. The minimum absolute atomic E-state index is 0.128. The number of para-hydroxylation sites is 1. The molecule has 3 rings (SSSR count). The fourth-order valence-corrected chi connectivity index (χ4v) is 3.49. The van der Waals surface area contributed by atoms with Crippen LogP contribution in [-0.2, 0) is 9.59 Å². The van der Waals surface area contributed by atoms with Gasteiger partial charge in [0.05, 0.1) is 17.8 Å². The molecular weight excluding hydrogens is 376 g/mol. The van der Waals surface area contributed by atoms with E-state index in [1.165, 1.54) is 18.5 Å². The van der Waals surface area contributed by atoms with E-state index in [0.717, 1.165) is 23.7 Å². The van der Waals surface area contributed by atoms with Crippen LogP contribution in [0.4, 0.5) is 17.1 Å². The van der Waals surface area contributed by atoms with E-state index < -0.39 is 0 Å². The van der Waals surface area contributed by atoms with Gasteiger partial charge >= 0.3 is 0 Å². The number of hydrogen-bond donors (Lipinski definition) is 3. The van der Waals surface area contributed by atoms with Gasteiger partial charge in [-0.3, -0.25) is 9.59 Å². The summed E-state index contributed by atoms with van der Waals surface area (Å²) in [5.41, 5.74) is 2.53. The van der Waals surface area contributed by atoms with Gasteiger partial charge < -0.3 is 20.4 Å². The Morgan fingerprint density at radius 2 is 1.57 bits per heavy atom. The highest BCUT2D eigenvalue weighted by Gasteiger charge is 2.16. The second-order valence-electron chi connectivity index (χ2n) is 7.13. The van der Waals surface area contributed by atoms with Crippen LogP contribution in [0.3, 0.4) is 0 Å². The minimum atomic E-state index is -0.187. The Morgan fingerprint density at radius 1 is 0.964 bits per heavy atom. The quantitative estimate of drug-likeness (QED) is 0.665. The van der Waals surface area contributed by atoms with E-state index in [2.05, 4.69) is 15.5 Å². The second-order valence-corrected chi connectivity index (χ2v) is 7.54. The van der Waals surface area contributed by atoms with Crippen LogP contribution in [0.15, 0.2) is 48.5 Å². The first-order chi connectivity index (χ1) is 13.5. The van der Waals surface area contributed by atoms with Gasteiger partial charge in [-0.1, -0.05) is 23.7 Å². The summed E-state index contributed by atoms with van der Waals surface area (Å²) in [6.45, 7) is 2.56. The third-order valence-corrected chi connectivity index (χ3v) is 5.02. The third-order valence-electron chi connectivity index (χ3n) is 4.69. The maximum atomic E-state index is 12.3. The topological polar surface area (TPSA) is 65.9 Å². The van der Waals surface area contributed by atoms with Crippen LogP contribution in [0, 0.1) is 0 Å². The molecule has 1 unspecified atom stereocenters. The molecule has 0 saturated carbocycles. The Labute approximate surface area is 170 Å². The molecule has 1 aliphatic heterocycles. The van der Waals surface area contributed by atoms with Crippen molar-refractivity contribution < 1.29 is 14.5 Å². The lowest BCUT2D eigenvalue weighted by Gasteiger charge is -2.18. The summed E-state index contributed by atoms with van der Waals surface area (Å²) in [5.74, 6) is -0.315. The standard InChI is InChI=1S/C21H25ClN4O2/c1-25(15-21(28)24-19-7-3-2-6-18(19)22)14-20(27)23-16-8-10-17(11-9-16)26-12-4-5-13-26/h2-3,6-11H,4-5,12-15H2,1H3,(H,23,27)(H,24,28)/p+1. The maximum Gasteiger partial charge on any atom is 0.279 e. The SMILES string of the molecule is C[NH+](CC(=O)Nc1ccc(N2CCCC2)cc1)CC(=O)Nc1ccccc1Cl. The van der Waals surface area contributed by atoms with Crippen molar-refractivity contribution in [3.05, 3.63) is 53.6 Å². The van der Waals surface area contributed by atoms with E-state index in [0.29, 0.717) is 10.7 Å². The highest BCUT2D eigenvalue weighted by Crippen LogP contribution is 2.22. The molecule has 2 aromatic rings. The van der Waals surface area contributed by atoms with Crippen molar-refractivity contribution in [3.63, 3.8) is 0 Å². The Bertz CT molecular complexity index is 819. The highest BCUT2D eigenvalue weighted by molar-refractivity contribution is 6.33. The molecule has 1 heterocycles. The Balaban J connectivity index is 1.44. The molecule has 2 aromatic carbocycles. The minimum Gasteiger partial charge on any atom is -0.372 e. The molecule has 0 bridgehead atoms. The van der Waals surface area contributed by atoms with E-state index in [4.69, 9.17) is 11.6 Å². The monoisotopic (exact) mass is 401 g/mol. The van der Waals surface area contributed by atoms with E-state index >= 15 is 0 Å². The number of anilines is 3. The zero-order valence-corrected chi connectivity index (χ0v) is 16.8. The molecule has 1 saturated heterocycles. The van der Waals surface area contributed by atoms with Gasteiger partial charge in [-0.2, -0.15) is 0 Å². The number of nitrogens with one attached hydrogen (secondary N) is 3. The van der Waals surface area contributed by atoms with Gasteiger partial charge in [0.2, 0.25) is 0 Å². The first kappa shape index (κ1) is 20.2. The molecule has 148 valence electrons. The van der Waals surface area contributed by atoms with E-state index in [9.17, 15) is 9.59 Å². The van der Waals surface area contributed by atoms with Crippen molar-refractivity contribution in [1.82, 2.24) is 0 Å². The first-order valence-corrected chi connectivity index (χ1v) is 9.89. The van der Waals surface area contributed by atoms with Gasteiger partial charge in [-0.05, 0) is 49.2 Å². The summed E-state index contributed by atoms with van der Waals surface area (Å²) in [5, 5.41) is 6.15. The third kappa shape index (κ3) is 5.71. The predicted octanol–water partition coefficient (Wildman–Crippen LogP) is 2.03. The number of likely N-dealkylation sites (N-methyl/N-ethyl adjacent to an activating group) is 1. The lowest BCUT2D eigenvalue weighted by Crippen LogP contribution is -3.11. The fourth-order valence-electron chi connectivity index (χ4n) is 3.30. The second kappa shape index (κ2) is 9.57. The number of rotatable bonds is 7. The van der Waals surface area contributed by atoms with E-state index in [-0.39, 0.29) is 24.9 Å². The van der Waals surface area contributed by atoms with Gasteiger partial charge in [0.15, 0.2) is 13.1 Å². The van der Waals surface area contributed by atoms with Gasteiger partial charge in [0.1, 0.15) is 0 Å². The molecule has 2 amide bonds. The summed E-state index contributed by atoms with van der Waals surface area (Å²) in [6.07, 6.45) is 2.47. The molecule has 7 heteroatoms. The van der Waals surface area contributed by atoms with E-state index in [1.807, 2.05) is 31.3 Å². The summed E-state index contributed by atoms with van der Waals surface area (Å²) in [7, 11) is 1.81. The lowest BCUT2D eigenvalue weighted by atomic mass is 10.2. The van der Waals surface area contributed by atoms with Crippen LogP contribution in [0.2, 0.25) is 5.02 Å². The summed E-state index contributed by atoms with van der Waals surface area (Å²) in [4.78, 5) is 27.6. The number of hydrogen-bond acceptors (Lipinski definition) is 3. The van der Waals surface area contributed by atoms with Crippen molar-refractivity contribution in [3.8, 4) is 0 Å². The van der Waals surface area contributed by atoms with Gasteiger partial charge in [0.25, 0.3) is 11.8 Å². The zero-order valence-electron chi connectivity index (χ0n) is 16.0. The number of carbonyl (C=O) groups is 2. The molecule has 1 aliphatic rings. The van der Waals surface area contributed by atoms with Gasteiger partial charge in [-0.15, -0.1) is 0 Å². The largest absolute Gasteiger partial charge is 0.372 e. The number of nitrogens with zero attached hydrogens (tertiary/aromatic N) is 1. The predicted molar refractivity (Wildman–Crippen MR) is 113 cm³/mol. The molecular formula is C21H26ClN4O2+. The zero-order chi connectivity index (χ0) is 19.9. The normalized spacial score (nSPS) is 14.6. The summed E-state index contributed by atoms with van der Waals surface area (Å²) >= 11 is 6.04. The average Bonchev–Trinajstić information content (AvgIpc) is 3.18. The number of carbonyl (C=O) groups excluding carboxylic acids is 2. The molecule has 0 spiro atoms. The Morgan fingerprint density at radius 3 is 2.21 bits per heavy atom. The number of quaternary nitrogens is 1. The molecule has 0 aliphatic carbocycles. The fraction of sp³-hybridized carbons (Fsp3) is 0.333. The molecule has 3 N–H and O–H groups in total. The summed E-state index contributed by atoms with van der Waals surface area (Å²) in [6, 6.07) is 15.0. The number of amides is 2. The van der Waals surface area contributed by atoms with Crippen molar-refractivity contribution in [2.75, 3.05) is 48.8 Å². The summed E-state index contributed by atoms with van der Waals surface area (Å²) < 4.78 is 0. The van der Waals surface area contributed by atoms with Crippen LogP contribution in [0.25, 0.3) is 0 Å². The smallest absolute Gasteiger partial charge is 0.279 e. The van der Waals surface area contributed by atoms with Crippen molar-refractivity contribution in [2.45, 2.75) is 12.8 Å². The van der Waals surface area contributed by atoms with Crippen LogP contribution in [0.1, 0.15) is 12.8 Å². The average molecular weight is 402 g/mol. The van der Waals surface area contributed by atoms with Crippen molar-refractivity contribution >= 4 is 40.5 Å². The highest BCUT2D eigenvalue weighted by atomic mass is 35.5. The Hall–Kier alpha value is -2.57. The molecule has 1 fully saturated rings. The van der Waals surface area contributed by atoms with Crippen LogP contribution in [0.5, 0.6) is 0 Å². The van der Waals surface area contributed by atoms with Crippen molar-refractivity contribution in [2.24, 2.45) is 0 Å². The molecule has 6 nitrogen and oxygen atoms in total. The number of benzene rings is 2. The lowest BCUT2D eigenvalue weighted by molar-refractivity contribution is -0.862. The van der Waals surface area contributed by atoms with Crippen LogP contribution in [-0.4, -0.2) is 45.0 Å². The Kier molecular flexibility index (Phi) is 6.90.